The minimum Gasteiger partial charge on any atom is -0.384 e. The van der Waals surface area contributed by atoms with Crippen LogP contribution in [0.5, 0.6) is 0 Å². The van der Waals surface area contributed by atoms with E-state index < -0.39 is 0 Å². The summed E-state index contributed by atoms with van der Waals surface area (Å²) in [5, 5.41) is 3.42. The Labute approximate surface area is 105 Å². The summed E-state index contributed by atoms with van der Waals surface area (Å²) in [5.41, 5.74) is 1.19. The van der Waals surface area contributed by atoms with Crippen LogP contribution >= 0.6 is 0 Å². The Balaban J connectivity index is 2.15. The first-order chi connectivity index (χ1) is 8.36. The lowest BCUT2D eigenvalue weighted by Crippen LogP contribution is -2.32. The predicted octanol–water partition coefficient (Wildman–Crippen LogP) is 2.46. The number of para-hydroxylation sites is 1. The zero-order valence-corrected chi connectivity index (χ0v) is 11.0. The smallest absolute Gasteiger partial charge is 0.0593 e. The molecule has 0 aromatic heterocycles. The fourth-order valence-corrected chi connectivity index (χ4v) is 1.68. The first-order valence-electron chi connectivity index (χ1n) is 6.45. The van der Waals surface area contributed by atoms with Crippen LogP contribution in [0.15, 0.2) is 30.3 Å². The van der Waals surface area contributed by atoms with Gasteiger partial charge in [0.25, 0.3) is 0 Å². The summed E-state index contributed by atoms with van der Waals surface area (Å²) < 4.78 is 5.37. The maximum absolute atomic E-state index is 5.37. The molecule has 1 aromatic rings. The van der Waals surface area contributed by atoms with Gasteiger partial charge in [0.05, 0.1) is 6.61 Å². The molecule has 0 aliphatic carbocycles. The molecule has 0 heterocycles. The van der Waals surface area contributed by atoms with E-state index in [4.69, 9.17) is 4.74 Å². The van der Waals surface area contributed by atoms with E-state index in [0.717, 1.165) is 39.4 Å². The second kappa shape index (κ2) is 9.02. The maximum atomic E-state index is 5.37. The third-order valence-electron chi connectivity index (χ3n) is 2.73. The lowest BCUT2D eigenvalue weighted by atomic mass is 10.3. The first-order valence-corrected chi connectivity index (χ1v) is 6.45. The Hall–Kier alpha value is -1.06. The summed E-state index contributed by atoms with van der Waals surface area (Å²) in [6, 6.07) is 10.3. The highest BCUT2D eigenvalue weighted by atomic mass is 16.5. The van der Waals surface area contributed by atoms with E-state index in [9.17, 15) is 0 Å². The monoisotopic (exact) mass is 236 g/mol. The maximum Gasteiger partial charge on any atom is 0.0593 e. The Bertz CT molecular complexity index is 277. The molecule has 0 saturated heterocycles. The second-order valence-electron chi connectivity index (χ2n) is 3.92. The molecule has 0 aliphatic rings. The number of anilines is 1. The Morgan fingerprint density at radius 3 is 2.53 bits per heavy atom. The normalized spacial score (nSPS) is 10.8. The highest BCUT2D eigenvalue weighted by Gasteiger charge is 2.01. The SMILES string of the molecule is CCOCCN(CC)CCNc1ccccc1. The number of benzene rings is 1. The molecule has 0 aliphatic heterocycles. The van der Waals surface area contributed by atoms with Gasteiger partial charge in [-0.2, -0.15) is 0 Å². The van der Waals surface area contributed by atoms with Gasteiger partial charge in [-0.15, -0.1) is 0 Å². The number of ether oxygens (including phenoxy) is 1. The van der Waals surface area contributed by atoms with Crippen LogP contribution in [0.3, 0.4) is 0 Å². The van der Waals surface area contributed by atoms with Gasteiger partial charge < -0.3 is 10.1 Å². The largest absolute Gasteiger partial charge is 0.384 e. The van der Waals surface area contributed by atoms with Crippen molar-refractivity contribution in [3.05, 3.63) is 30.3 Å². The van der Waals surface area contributed by atoms with Crippen molar-refractivity contribution in [3.63, 3.8) is 0 Å². The number of hydrogen-bond donors (Lipinski definition) is 1. The van der Waals surface area contributed by atoms with Crippen molar-refractivity contribution >= 4 is 5.69 Å². The van der Waals surface area contributed by atoms with Crippen LogP contribution < -0.4 is 5.32 Å². The lowest BCUT2D eigenvalue weighted by Gasteiger charge is -2.20. The molecule has 0 amide bonds. The molecule has 0 unspecified atom stereocenters. The zero-order valence-electron chi connectivity index (χ0n) is 11.0. The molecule has 0 bridgehead atoms. The van der Waals surface area contributed by atoms with Crippen molar-refractivity contribution in [2.75, 3.05) is 44.7 Å². The molecule has 1 rings (SSSR count). The Morgan fingerprint density at radius 2 is 1.88 bits per heavy atom. The van der Waals surface area contributed by atoms with E-state index >= 15 is 0 Å². The summed E-state index contributed by atoms with van der Waals surface area (Å²) in [4.78, 5) is 2.39. The quantitative estimate of drug-likeness (QED) is 0.667. The van der Waals surface area contributed by atoms with E-state index in [-0.39, 0.29) is 0 Å². The van der Waals surface area contributed by atoms with Crippen LogP contribution in [0, 0.1) is 0 Å². The molecule has 17 heavy (non-hydrogen) atoms. The summed E-state index contributed by atoms with van der Waals surface area (Å²) in [6.07, 6.45) is 0. The van der Waals surface area contributed by atoms with E-state index in [1.54, 1.807) is 0 Å². The molecular formula is C14H24N2O. The van der Waals surface area contributed by atoms with Gasteiger partial charge in [0.1, 0.15) is 0 Å². The minimum absolute atomic E-state index is 0.805. The average Bonchev–Trinajstić information content (AvgIpc) is 2.38. The van der Waals surface area contributed by atoms with Gasteiger partial charge in [0.15, 0.2) is 0 Å². The van der Waals surface area contributed by atoms with Gasteiger partial charge in [0.2, 0.25) is 0 Å². The molecule has 1 aromatic carbocycles. The van der Waals surface area contributed by atoms with Crippen molar-refractivity contribution in [1.82, 2.24) is 4.90 Å². The molecular weight excluding hydrogens is 212 g/mol. The topological polar surface area (TPSA) is 24.5 Å². The fraction of sp³-hybridized carbons (Fsp3) is 0.571. The molecule has 0 atom stereocenters. The van der Waals surface area contributed by atoms with Crippen LogP contribution in [-0.4, -0.2) is 44.3 Å². The summed E-state index contributed by atoms with van der Waals surface area (Å²) >= 11 is 0. The molecule has 0 radical (unpaired) electrons. The molecule has 0 fully saturated rings. The second-order valence-corrected chi connectivity index (χ2v) is 3.92. The predicted molar refractivity (Wildman–Crippen MR) is 73.5 cm³/mol. The van der Waals surface area contributed by atoms with Crippen LogP contribution in [0.4, 0.5) is 5.69 Å². The van der Waals surface area contributed by atoms with E-state index in [2.05, 4.69) is 41.4 Å². The standard InChI is InChI=1S/C14H24N2O/c1-3-16(12-13-17-4-2)11-10-15-14-8-6-5-7-9-14/h5-9,15H,3-4,10-13H2,1-2H3. The number of nitrogens with one attached hydrogen (secondary N) is 1. The molecule has 3 heteroatoms. The highest BCUT2D eigenvalue weighted by Crippen LogP contribution is 2.03. The van der Waals surface area contributed by atoms with Gasteiger partial charge in [-0.3, -0.25) is 4.90 Å². The van der Waals surface area contributed by atoms with Gasteiger partial charge in [-0.25, -0.2) is 0 Å². The Kier molecular flexibility index (Phi) is 7.43. The number of hydrogen-bond acceptors (Lipinski definition) is 3. The van der Waals surface area contributed by atoms with Gasteiger partial charge in [-0.05, 0) is 25.6 Å². The van der Waals surface area contributed by atoms with E-state index in [1.807, 2.05) is 13.0 Å². The lowest BCUT2D eigenvalue weighted by molar-refractivity contribution is 0.117. The van der Waals surface area contributed by atoms with Crippen molar-refractivity contribution in [3.8, 4) is 0 Å². The van der Waals surface area contributed by atoms with Crippen LogP contribution in [0.2, 0.25) is 0 Å². The molecule has 0 spiro atoms. The molecule has 1 N–H and O–H groups in total. The summed E-state index contributed by atoms with van der Waals surface area (Å²) in [7, 11) is 0. The fourth-order valence-electron chi connectivity index (χ4n) is 1.68. The summed E-state index contributed by atoms with van der Waals surface area (Å²) in [6.45, 7) is 9.98. The van der Waals surface area contributed by atoms with Gasteiger partial charge in [-0.1, -0.05) is 25.1 Å². The molecule has 96 valence electrons. The minimum atomic E-state index is 0.805. The number of rotatable bonds is 9. The van der Waals surface area contributed by atoms with E-state index in [1.165, 1.54) is 5.69 Å². The highest BCUT2D eigenvalue weighted by molar-refractivity contribution is 5.42. The molecule has 3 nitrogen and oxygen atoms in total. The number of nitrogens with zero attached hydrogens (tertiary/aromatic N) is 1. The third-order valence-corrected chi connectivity index (χ3v) is 2.73. The van der Waals surface area contributed by atoms with Crippen molar-refractivity contribution in [2.24, 2.45) is 0 Å². The van der Waals surface area contributed by atoms with Crippen molar-refractivity contribution in [1.29, 1.82) is 0 Å². The Morgan fingerprint density at radius 1 is 1.12 bits per heavy atom. The van der Waals surface area contributed by atoms with Crippen molar-refractivity contribution in [2.45, 2.75) is 13.8 Å². The van der Waals surface area contributed by atoms with Gasteiger partial charge in [0, 0.05) is 31.9 Å². The summed E-state index contributed by atoms with van der Waals surface area (Å²) in [5.74, 6) is 0. The van der Waals surface area contributed by atoms with Crippen LogP contribution in [-0.2, 0) is 4.74 Å². The van der Waals surface area contributed by atoms with E-state index in [0.29, 0.717) is 0 Å². The average molecular weight is 236 g/mol. The van der Waals surface area contributed by atoms with Crippen LogP contribution in [0.25, 0.3) is 0 Å². The zero-order chi connectivity index (χ0) is 12.3. The van der Waals surface area contributed by atoms with Gasteiger partial charge >= 0.3 is 0 Å². The van der Waals surface area contributed by atoms with Crippen LogP contribution in [0.1, 0.15) is 13.8 Å². The van der Waals surface area contributed by atoms with Crippen molar-refractivity contribution < 1.29 is 4.74 Å². The third kappa shape index (κ3) is 6.29. The number of likely N-dealkylation sites (N-methyl/N-ethyl adjacent to an activating group) is 1. The first kappa shape index (κ1) is 14.0. The molecule has 0 saturated carbocycles.